The first-order chi connectivity index (χ1) is 14.4. The zero-order valence-electron chi connectivity index (χ0n) is 16.1. The molecular formula is C22H19N3O5. The van der Waals surface area contributed by atoms with Gasteiger partial charge in [0.25, 0.3) is 17.5 Å². The molecule has 0 unspecified atom stereocenters. The Kier molecular flexibility index (Phi) is 6.39. The van der Waals surface area contributed by atoms with Crippen molar-refractivity contribution in [1.82, 2.24) is 0 Å². The largest absolute Gasteiger partial charge is 0.484 e. The summed E-state index contributed by atoms with van der Waals surface area (Å²) >= 11 is 0. The van der Waals surface area contributed by atoms with E-state index in [0.717, 1.165) is 0 Å². The number of para-hydroxylation sites is 1. The van der Waals surface area contributed by atoms with E-state index in [-0.39, 0.29) is 18.2 Å². The number of nitro benzene ring substituents is 1. The van der Waals surface area contributed by atoms with Gasteiger partial charge in [-0.2, -0.15) is 0 Å². The van der Waals surface area contributed by atoms with Crippen LogP contribution in [-0.2, 0) is 4.79 Å². The van der Waals surface area contributed by atoms with E-state index in [0.29, 0.717) is 28.3 Å². The van der Waals surface area contributed by atoms with Gasteiger partial charge in [0, 0.05) is 29.1 Å². The number of carbonyl (C=O) groups excluding carboxylic acids is 2. The molecule has 0 spiro atoms. The van der Waals surface area contributed by atoms with Gasteiger partial charge in [-0.25, -0.2) is 0 Å². The lowest BCUT2D eigenvalue weighted by Gasteiger charge is -2.13. The molecule has 2 N–H and O–H groups in total. The van der Waals surface area contributed by atoms with Gasteiger partial charge in [0.15, 0.2) is 6.61 Å². The Morgan fingerprint density at radius 3 is 2.30 bits per heavy atom. The summed E-state index contributed by atoms with van der Waals surface area (Å²) in [5.74, 6) is -0.363. The molecule has 152 valence electrons. The van der Waals surface area contributed by atoms with Crippen LogP contribution in [0.4, 0.5) is 17.1 Å². The molecule has 0 aliphatic rings. The maximum Gasteiger partial charge on any atom is 0.269 e. The van der Waals surface area contributed by atoms with E-state index in [1.807, 2.05) is 18.2 Å². The number of hydrogen-bond donors (Lipinski definition) is 2. The molecule has 8 heteroatoms. The molecule has 0 radical (unpaired) electrons. The van der Waals surface area contributed by atoms with Crippen LogP contribution < -0.4 is 15.4 Å². The Balaban J connectivity index is 1.62. The molecule has 3 aromatic rings. The minimum atomic E-state index is -0.514. The Labute approximate surface area is 172 Å². The van der Waals surface area contributed by atoms with Crippen LogP contribution in [0.1, 0.15) is 15.9 Å². The fourth-order valence-electron chi connectivity index (χ4n) is 2.74. The molecule has 2 amide bonds. The third kappa shape index (κ3) is 5.20. The molecule has 3 aromatic carbocycles. The van der Waals surface area contributed by atoms with Crippen LogP contribution >= 0.6 is 0 Å². The highest BCUT2D eigenvalue weighted by atomic mass is 16.6. The summed E-state index contributed by atoms with van der Waals surface area (Å²) in [4.78, 5) is 35.0. The van der Waals surface area contributed by atoms with Crippen molar-refractivity contribution in [2.45, 2.75) is 6.92 Å². The molecule has 0 bridgehead atoms. The molecule has 0 saturated carbocycles. The maximum atomic E-state index is 12.6. The first-order valence-corrected chi connectivity index (χ1v) is 9.07. The van der Waals surface area contributed by atoms with E-state index >= 15 is 0 Å². The Morgan fingerprint density at radius 1 is 0.933 bits per heavy atom. The molecule has 0 aliphatic carbocycles. The van der Waals surface area contributed by atoms with Crippen molar-refractivity contribution in [3.8, 4) is 5.75 Å². The summed E-state index contributed by atoms with van der Waals surface area (Å²) in [7, 11) is 0. The topological polar surface area (TPSA) is 111 Å². The van der Waals surface area contributed by atoms with Crippen LogP contribution in [0.5, 0.6) is 5.75 Å². The second-order valence-electron chi connectivity index (χ2n) is 6.39. The Bertz CT molecular complexity index is 1070. The molecule has 0 heterocycles. The molecule has 8 nitrogen and oxygen atoms in total. The number of ether oxygens (including phenoxy) is 1. The number of nitrogens with zero attached hydrogens (tertiary/aromatic N) is 1. The van der Waals surface area contributed by atoms with Gasteiger partial charge in [0.1, 0.15) is 5.75 Å². The number of hydrogen-bond acceptors (Lipinski definition) is 5. The molecule has 0 fully saturated rings. The zero-order chi connectivity index (χ0) is 21.5. The average molecular weight is 405 g/mol. The predicted molar refractivity (Wildman–Crippen MR) is 113 cm³/mol. The fraction of sp³-hybridized carbons (Fsp3) is 0.0909. The lowest BCUT2D eigenvalue weighted by Crippen LogP contribution is -2.21. The summed E-state index contributed by atoms with van der Waals surface area (Å²) in [6.45, 7) is 1.46. The van der Waals surface area contributed by atoms with Gasteiger partial charge in [-0.1, -0.05) is 24.3 Å². The Hall–Kier alpha value is -4.20. The summed E-state index contributed by atoms with van der Waals surface area (Å²) < 4.78 is 5.36. The number of carbonyl (C=O) groups is 2. The van der Waals surface area contributed by atoms with E-state index in [4.69, 9.17) is 4.74 Å². The van der Waals surface area contributed by atoms with Gasteiger partial charge in [-0.05, 0) is 48.9 Å². The van der Waals surface area contributed by atoms with Crippen molar-refractivity contribution < 1.29 is 19.2 Å². The predicted octanol–water partition coefficient (Wildman–Crippen LogP) is 4.17. The first-order valence-electron chi connectivity index (χ1n) is 9.07. The third-order valence-electron chi connectivity index (χ3n) is 4.30. The van der Waals surface area contributed by atoms with Crippen LogP contribution in [0, 0.1) is 17.0 Å². The highest BCUT2D eigenvalue weighted by Crippen LogP contribution is 2.21. The maximum absolute atomic E-state index is 12.6. The van der Waals surface area contributed by atoms with Crippen molar-refractivity contribution in [2.24, 2.45) is 0 Å². The number of benzene rings is 3. The van der Waals surface area contributed by atoms with Crippen LogP contribution in [0.25, 0.3) is 0 Å². The monoisotopic (exact) mass is 405 g/mol. The summed E-state index contributed by atoms with van der Waals surface area (Å²) in [6, 6.07) is 19.6. The van der Waals surface area contributed by atoms with E-state index in [1.54, 1.807) is 37.3 Å². The number of anilines is 2. The van der Waals surface area contributed by atoms with Gasteiger partial charge in [-0.3, -0.25) is 19.7 Å². The first kappa shape index (κ1) is 20.5. The zero-order valence-corrected chi connectivity index (χ0v) is 16.1. The lowest BCUT2D eigenvalue weighted by molar-refractivity contribution is -0.384. The van der Waals surface area contributed by atoms with Crippen LogP contribution in [0.3, 0.4) is 0 Å². The molecule has 3 rings (SSSR count). The second kappa shape index (κ2) is 9.33. The normalized spacial score (nSPS) is 10.2. The molecule has 0 saturated heterocycles. The van der Waals surface area contributed by atoms with E-state index in [2.05, 4.69) is 10.6 Å². The smallest absolute Gasteiger partial charge is 0.269 e. The van der Waals surface area contributed by atoms with Gasteiger partial charge in [0.05, 0.1) is 4.92 Å². The van der Waals surface area contributed by atoms with Gasteiger partial charge in [0.2, 0.25) is 0 Å². The standard InChI is InChI=1S/C22H19N3O5/c1-15-19(22(27)23-16-6-3-2-4-7-16)8-5-9-20(15)24-21(26)14-30-18-12-10-17(11-13-18)25(28)29/h2-13H,14H2,1H3,(H,23,27)(H,24,26). The molecule has 30 heavy (non-hydrogen) atoms. The fourth-order valence-corrected chi connectivity index (χ4v) is 2.74. The molecule has 0 aromatic heterocycles. The average Bonchev–Trinajstić information content (AvgIpc) is 2.74. The van der Waals surface area contributed by atoms with Crippen molar-refractivity contribution in [2.75, 3.05) is 17.2 Å². The number of rotatable bonds is 7. The number of nitrogens with one attached hydrogen (secondary N) is 2. The van der Waals surface area contributed by atoms with Crippen LogP contribution in [0.15, 0.2) is 72.8 Å². The highest BCUT2D eigenvalue weighted by molar-refractivity contribution is 6.06. The third-order valence-corrected chi connectivity index (χ3v) is 4.30. The molecule has 0 aliphatic heterocycles. The molecule has 0 atom stereocenters. The summed E-state index contributed by atoms with van der Waals surface area (Å²) in [6.07, 6.45) is 0. The summed E-state index contributed by atoms with van der Waals surface area (Å²) in [5, 5.41) is 16.2. The van der Waals surface area contributed by atoms with Gasteiger partial charge < -0.3 is 15.4 Å². The van der Waals surface area contributed by atoms with Crippen molar-refractivity contribution in [3.63, 3.8) is 0 Å². The van der Waals surface area contributed by atoms with E-state index in [9.17, 15) is 19.7 Å². The van der Waals surface area contributed by atoms with Gasteiger partial charge >= 0.3 is 0 Å². The van der Waals surface area contributed by atoms with Crippen molar-refractivity contribution in [1.29, 1.82) is 0 Å². The quantitative estimate of drug-likeness (QED) is 0.453. The van der Waals surface area contributed by atoms with Gasteiger partial charge in [-0.15, -0.1) is 0 Å². The van der Waals surface area contributed by atoms with Crippen molar-refractivity contribution >= 4 is 28.9 Å². The minimum absolute atomic E-state index is 0.0620. The van der Waals surface area contributed by atoms with Crippen molar-refractivity contribution in [3.05, 3.63) is 94.0 Å². The second-order valence-corrected chi connectivity index (χ2v) is 6.39. The lowest BCUT2D eigenvalue weighted by atomic mass is 10.1. The number of amides is 2. The number of nitro groups is 1. The Morgan fingerprint density at radius 2 is 1.63 bits per heavy atom. The number of non-ortho nitro benzene ring substituents is 1. The van der Waals surface area contributed by atoms with Crippen LogP contribution in [-0.4, -0.2) is 23.3 Å². The minimum Gasteiger partial charge on any atom is -0.484 e. The molecular weight excluding hydrogens is 386 g/mol. The van der Waals surface area contributed by atoms with E-state index in [1.165, 1.54) is 24.3 Å². The SMILES string of the molecule is Cc1c(NC(=O)COc2ccc([N+](=O)[O-])cc2)cccc1C(=O)Nc1ccccc1. The van der Waals surface area contributed by atoms with E-state index < -0.39 is 10.8 Å². The van der Waals surface area contributed by atoms with Crippen LogP contribution in [0.2, 0.25) is 0 Å². The highest BCUT2D eigenvalue weighted by Gasteiger charge is 2.14. The summed E-state index contributed by atoms with van der Waals surface area (Å²) in [5.41, 5.74) is 2.16.